The summed E-state index contributed by atoms with van der Waals surface area (Å²) in [6.45, 7) is 4.49. The third kappa shape index (κ3) is 2.98. The van der Waals surface area contributed by atoms with E-state index in [1.165, 1.54) is 11.3 Å². The summed E-state index contributed by atoms with van der Waals surface area (Å²) in [7, 11) is 0. The molecule has 0 fully saturated rings. The number of rotatable bonds is 4. The van der Waals surface area contributed by atoms with Gasteiger partial charge in [-0.05, 0) is 35.8 Å². The van der Waals surface area contributed by atoms with Crippen molar-refractivity contribution in [3.8, 4) is 0 Å². The quantitative estimate of drug-likeness (QED) is 0.866. The first-order valence-corrected chi connectivity index (χ1v) is 7.43. The van der Waals surface area contributed by atoms with Crippen molar-refractivity contribution >= 4 is 38.9 Å². The fourth-order valence-electron chi connectivity index (χ4n) is 1.67. The molecule has 2 rings (SSSR count). The smallest absolute Gasteiger partial charge is 0.359 e. The Bertz CT molecular complexity index is 606. The summed E-state index contributed by atoms with van der Waals surface area (Å²) in [5.41, 5.74) is 7.23. The molecule has 2 N–H and O–H groups in total. The lowest BCUT2D eigenvalue weighted by Gasteiger charge is -2.06. The van der Waals surface area contributed by atoms with Crippen molar-refractivity contribution in [1.29, 1.82) is 0 Å². The zero-order valence-electron chi connectivity index (χ0n) is 10.6. The Morgan fingerprint density at radius 2 is 2.37 bits per heavy atom. The molecule has 0 amide bonds. The van der Waals surface area contributed by atoms with Crippen molar-refractivity contribution in [3.05, 3.63) is 32.2 Å². The zero-order valence-corrected chi connectivity index (χ0v) is 13.0. The maximum atomic E-state index is 12.1. The summed E-state index contributed by atoms with van der Waals surface area (Å²) in [4.78, 5) is 13.0. The van der Waals surface area contributed by atoms with Crippen LogP contribution in [0.25, 0.3) is 0 Å². The summed E-state index contributed by atoms with van der Waals surface area (Å²) in [5, 5.41) is 6.14. The number of carbonyl (C=O) groups excluding carboxylic acids is 1. The van der Waals surface area contributed by atoms with Crippen LogP contribution in [0.15, 0.2) is 15.9 Å². The average Bonchev–Trinajstić information content (AvgIpc) is 2.92. The second kappa shape index (κ2) is 5.75. The SMILES string of the molecule is CCn1nc(C)c(N)c1C(=O)OCc1cc(Br)cs1. The minimum absolute atomic E-state index is 0.239. The summed E-state index contributed by atoms with van der Waals surface area (Å²) in [5.74, 6) is -0.440. The van der Waals surface area contributed by atoms with Gasteiger partial charge in [0.2, 0.25) is 0 Å². The predicted molar refractivity (Wildman–Crippen MR) is 78.2 cm³/mol. The Kier molecular flexibility index (Phi) is 4.26. The first kappa shape index (κ1) is 14.1. The maximum Gasteiger partial charge on any atom is 0.359 e. The number of ether oxygens (including phenoxy) is 1. The van der Waals surface area contributed by atoms with Crippen LogP contribution in [0, 0.1) is 6.92 Å². The number of aromatic nitrogens is 2. The number of nitrogens with two attached hydrogens (primary N) is 1. The molecule has 0 saturated carbocycles. The van der Waals surface area contributed by atoms with Gasteiger partial charge in [-0.1, -0.05) is 0 Å². The third-order valence-electron chi connectivity index (χ3n) is 2.63. The molecule has 102 valence electrons. The standard InChI is InChI=1S/C12H14BrN3O2S/c1-3-16-11(10(14)7(2)15-16)12(17)18-5-9-4-8(13)6-19-9/h4,6H,3,5,14H2,1-2H3. The summed E-state index contributed by atoms with van der Waals surface area (Å²) in [6, 6.07) is 1.92. The molecule has 2 aromatic heterocycles. The molecule has 2 aromatic rings. The van der Waals surface area contributed by atoms with E-state index in [0.29, 0.717) is 23.6 Å². The highest BCUT2D eigenvalue weighted by molar-refractivity contribution is 9.10. The number of esters is 1. The number of halogens is 1. The summed E-state index contributed by atoms with van der Waals surface area (Å²) < 4.78 is 7.82. The lowest BCUT2D eigenvalue weighted by molar-refractivity contribution is 0.0463. The highest BCUT2D eigenvalue weighted by Gasteiger charge is 2.20. The number of hydrogen-bond donors (Lipinski definition) is 1. The number of hydrogen-bond acceptors (Lipinski definition) is 5. The monoisotopic (exact) mass is 343 g/mol. The van der Waals surface area contributed by atoms with Crippen LogP contribution in [-0.4, -0.2) is 15.7 Å². The number of nitrogen functional groups attached to an aromatic ring is 1. The number of aryl methyl sites for hydroxylation is 2. The van der Waals surface area contributed by atoms with Gasteiger partial charge >= 0.3 is 5.97 Å². The first-order valence-electron chi connectivity index (χ1n) is 5.75. The van der Waals surface area contributed by atoms with Crippen molar-refractivity contribution in [1.82, 2.24) is 9.78 Å². The van der Waals surface area contributed by atoms with Gasteiger partial charge in [0.25, 0.3) is 0 Å². The van der Waals surface area contributed by atoms with Gasteiger partial charge in [0, 0.05) is 21.3 Å². The second-order valence-corrected chi connectivity index (χ2v) is 5.88. The van der Waals surface area contributed by atoms with Crippen LogP contribution in [0.5, 0.6) is 0 Å². The Labute approximate surface area is 123 Å². The third-order valence-corrected chi connectivity index (χ3v) is 4.31. The van der Waals surface area contributed by atoms with Crippen LogP contribution >= 0.6 is 27.3 Å². The fourth-order valence-corrected chi connectivity index (χ4v) is 3.04. The highest BCUT2D eigenvalue weighted by Crippen LogP contribution is 2.22. The van der Waals surface area contributed by atoms with Gasteiger partial charge in [-0.2, -0.15) is 5.10 Å². The second-order valence-electron chi connectivity index (χ2n) is 3.97. The summed E-state index contributed by atoms with van der Waals surface area (Å²) in [6.07, 6.45) is 0. The van der Waals surface area contributed by atoms with E-state index in [9.17, 15) is 4.79 Å². The van der Waals surface area contributed by atoms with E-state index < -0.39 is 5.97 Å². The molecule has 0 spiro atoms. The average molecular weight is 344 g/mol. The van der Waals surface area contributed by atoms with E-state index >= 15 is 0 Å². The molecule has 0 radical (unpaired) electrons. The van der Waals surface area contributed by atoms with Gasteiger partial charge in [-0.15, -0.1) is 11.3 Å². The molecule has 0 aliphatic carbocycles. The lowest BCUT2D eigenvalue weighted by atomic mass is 10.3. The van der Waals surface area contributed by atoms with Gasteiger partial charge in [0.15, 0.2) is 5.69 Å². The molecular formula is C12H14BrN3O2S. The van der Waals surface area contributed by atoms with Crippen LogP contribution in [0.2, 0.25) is 0 Å². The molecular weight excluding hydrogens is 330 g/mol. The van der Waals surface area contributed by atoms with Crippen LogP contribution < -0.4 is 5.73 Å². The van der Waals surface area contributed by atoms with E-state index in [2.05, 4.69) is 21.0 Å². The minimum Gasteiger partial charge on any atom is -0.455 e. The Morgan fingerprint density at radius 1 is 1.63 bits per heavy atom. The van der Waals surface area contributed by atoms with Crippen molar-refractivity contribution in [3.63, 3.8) is 0 Å². The number of anilines is 1. The molecule has 19 heavy (non-hydrogen) atoms. The fraction of sp³-hybridized carbons (Fsp3) is 0.333. The molecule has 0 aromatic carbocycles. The van der Waals surface area contributed by atoms with E-state index in [1.807, 2.05) is 18.4 Å². The Hall–Kier alpha value is -1.34. The number of nitrogens with zero attached hydrogens (tertiary/aromatic N) is 2. The zero-order chi connectivity index (χ0) is 14.0. The van der Waals surface area contributed by atoms with Crippen molar-refractivity contribution in [2.24, 2.45) is 0 Å². The predicted octanol–water partition coefficient (Wildman–Crippen LogP) is 2.97. The van der Waals surface area contributed by atoms with Gasteiger partial charge in [0.05, 0.1) is 11.4 Å². The van der Waals surface area contributed by atoms with Crippen molar-refractivity contribution < 1.29 is 9.53 Å². The van der Waals surface area contributed by atoms with E-state index in [1.54, 1.807) is 11.6 Å². The molecule has 0 unspecified atom stereocenters. The number of carbonyl (C=O) groups is 1. The molecule has 5 nitrogen and oxygen atoms in total. The number of thiophene rings is 1. The molecule has 0 aliphatic heterocycles. The largest absolute Gasteiger partial charge is 0.455 e. The highest BCUT2D eigenvalue weighted by atomic mass is 79.9. The first-order chi connectivity index (χ1) is 9.02. The minimum atomic E-state index is -0.440. The Morgan fingerprint density at radius 3 is 2.95 bits per heavy atom. The van der Waals surface area contributed by atoms with Gasteiger partial charge in [-0.3, -0.25) is 4.68 Å². The van der Waals surface area contributed by atoms with Crippen LogP contribution in [-0.2, 0) is 17.9 Å². The van der Waals surface area contributed by atoms with Crippen LogP contribution in [0.4, 0.5) is 5.69 Å². The van der Waals surface area contributed by atoms with E-state index in [-0.39, 0.29) is 6.61 Å². The molecule has 7 heteroatoms. The van der Waals surface area contributed by atoms with Gasteiger partial charge in [0.1, 0.15) is 6.61 Å². The molecule has 0 atom stereocenters. The van der Waals surface area contributed by atoms with E-state index in [4.69, 9.17) is 10.5 Å². The van der Waals surface area contributed by atoms with Crippen LogP contribution in [0.3, 0.4) is 0 Å². The van der Waals surface area contributed by atoms with Crippen molar-refractivity contribution in [2.45, 2.75) is 27.0 Å². The summed E-state index contributed by atoms with van der Waals surface area (Å²) >= 11 is 4.89. The Balaban J connectivity index is 2.12. The normalized spacial score (nSPS) is 10.7. The van der Waals surface area contributed by atoms with E-state index in [0.717, 1.165) is 9.35 Å². The maximum absolute atomic E-state index is 12.1. The topological polar surface area (TPSA) is 70.1 Å². The van der Waals surface area contributed by atoms with Crippen molar-refractivity contribution in [2.75, 3.05) is 5.73 Å². The van der Waals surface area contributed by atoms with Crippen LogP contribution in [0.1, 0.15) is 28.0 Å². The van der Waals surface area contributed by atoms with Gasteiger partial charge in [-0.25, -0.2) is 4.79 Å². The molecule has 0 saturated heterocycles. The lowest BCUT2D eigenvalue weighted by Crippen LogP contribution is -2.14. The molecule has 2 heterocycles. The molecule has 0 bridgehead atoms. The van der Waals surface area contributed by atoms with Gasteiger partial charge < -0.3 is 10.5 Å². The molecule has 0 aliphatic rings.